The molecule has 1 aliphatic carbocycles. The Morgan fingerprint density at radius 1 is 0.720 bits per heavy atom. The zero-order chi connectivity index (χ0) is 18.6. The first kappa shape index (κ1) is 23.0. The summed E-state index contributed by atoms with van der Waals surface area (Å²) >= 11 is 0. The fraction of sp³-hybridized carbons (Fsp3) is 1.00. The van der Waals surface area contributed by atoms with E-state index < -0.39 is 0 Å². The van der Waals surface area contributed by atoms with E-state index in [-0.39, 0.29) is 0 Å². The van der Waals surface area contributed by atoms with Gasteiger partial charge in [0.1, 0.15) is 0 Å². The summed E-state index contributed by atoms with van der Waals surface area (Å²) in [7, 11) is 2.44. The van der Waals surface area contributed by atoms with Crippen molar-refractivity contribution in [3.8, 4) is 0 Å². The van der Waals surface area contributed by atoms with Crippen molar-refractivity contribution < 1.29 is 0 Å². The zero-order valence-electron chi connectivity index (χ0n) is 18.5. The lowest BCUT2D eigenvalue weighted by molar-refractivity contribution is 0.0832. The van der Waals surface area contributed by atoms with Crippen molar-refractivity contribution in [3.63, 3.8) is 0 Å². The van der Waals surface area contributed by atoms with Gasteiger partial charge in [-0.1, -0.05) is 91.4 Å². The predicted molar refractivity (Wildman–Crippen MR) is 114 cm³/mol. The van der Waals surface area contributed by atoms with Crippen LogP contribution in [0.2, 0.25) is 0 Å². The maximum absolute atomic E-state index is 2.79. The molecule has 25 heavy (non-hydrogen) atoms. The highest BCUT2D eigenvalue weighted by atomic mass is 15.2. The average Bonchev–Trinajstić information content (AvgIpc) is 3.36. The number of rotatable bonds is 17. The number of nitrogens with zero attached hydrogens (tertiary/aromatic N) is 1. The average molecular weight is 352 g/mol. The van der Waals surface area contributed by atoms with Crippen LogP contribution in [0.5, 0.6) is 0 Å². The molecule has 0 amide bonds. The van der Waals surface area contributed by atoms with Crippen molar-refractivity contribution >= 4 is 0 Å². The fourth-order valence-corrected chi connectivity index (χ4v) is 4.46. The third-order valence-corrected chi connectivity index (χ3v) is 6.90. The predicted octanol–water partition coefficient (Wildman–Crippen LogP) is 7.98. The van der Waals surface area contributed by atoms with Crippen molar-refractivity contribution in [2.75, 3.05) is 13.6 Å². The van der Waals surface area contributed by atoms with Gasteiger partial charge in [0.2, 0.25) is 0 Å². The minimum Gasteiger partial charge on any atom is -0.300 e. The Labute approximate surface area is 160 Å². The summed E-state index contributed by atoms with van der Waals surface area (Å²) in [6.07, 6.45) is 22.8. The summed E-state index contributed by atoms with van der Waals surface area (Å²) in [6, 6.07) is 0. The lowest BCUT2D eigenvalue weighted by Crippen LogP contribution is -2.46. The zero-order valence-corrected chi connectivity index (χ0v) is 18.5. The second-order valence-electron chi connectivity index (χ2n) is 9.43. The lowest BCUT2D eigenvalue weighted by Gasteiger charge is -2.41. The van der Waals surface area contributed by atoms with Gasteiger partial charge >= 0.3 is 0 Å². The molecule has 1 nitrogen and oxygen atoms in total. The maximum atomic E-state index is 2.79. The van der Waals surface area contributed by atoms with Gasteiger partial charge in [-0.05, 0) is 51.5 Å². The first-order valence-electron chi connectivity index (χ1n) is 11.7. The van der Waals surface area contributed by atoms with E-state index in [1.54, 1.807) is 0 Å². The van der Waals surface area contributed by atoms with Crippen LogP contribution >= 0.6 is 0 Å². The van der Waals surface area contributed by atoms with E-state index in [4.69, 9.17) is 0 Å². The Morgan fingerprint density at radius 3 is 1.80 bits per heavy atom. The summed E-state index contributed by atoms with van der Waals surface area (Å²) in [6.45, 7) is 10.9. The van der Waals surface area contributed by atoms with Crippen LogP contribution in [-0.4, -0.2) is 24.0 Å². The summed E-state index contributed by atoms with van der Waals surface area (Å²) in [5.41, 5.74) is 1.12. The van der Waals surface area contributed by atoms with Gasteiger partial charge in [-0.25, -0.2) is 0 Å². The molecule has 1 fully saturated rings. The van der Waals surface area contributed by atoms with Crippen LogP contribution in [0.25, 0.3) is 0 Å². The van der Waals surface area contributed by atoms with Gasteiger partial charge in [0, 0.05) is 12.1 Å². The summed E-state index contributed by atoms with van der Waals surface area (Å²) in [5.74, 6) is 0. The summed E-state index contributed by atoms with van der Waals surface area (Å²) in [4.78, 5) is 2.79. The maximum Gasteiger partial charge on any atom is 0.0178 e. The Balaban J connectivity index is 2.45. The van der Waals surface area contributed by atoms with Crippen molar-refractivity contribution in [1.82, 2.24) is 4.90 Å². The molecule has 0 aromatic carbocycles. The third kappa shape index (κ3) is 8.94. The van der Waals surface area contributed by atoms with Crippen molar-refractivity contribution in [1.29, 1.82) is 0 Å². The first-order chi connectivity index (χ1) is 12.0. The standard InChI is InChI=1S/C24H49N/c1-6-9-12-14-16-19-24(20-21-24)22-25(5)23(4,17-11-8-3)18-15-13-10-7-2/h6-22H2,1-5H3. The molecule has 1 heteroatoms. The van der Waals surface area contributed by atoms with Crippen LogP contribution in [0.3, 0.4) is 0 Å². The Bertz CT molecular complexity index is 320. The first-order valence-corrected chi connectivity index (χ1v) is 11.7. The summed E-state index contributed by atoms with van der Waals surface area (Å²) in [5, 5.41) is 0. The van der Waals surface area contributed by atoms with Gasteiger partial charge < -0.3 is 4.90 Å². The minimum absolute atomic E-state index is 0.432. The Kier molecular flexibility index (Phi) is 11.4. The van der Waals surface area contributed by atoms with Crippen LogP contribution in [0, 0.1) is 5.41 Å². The molecule has 0 aliphatic heterocycles. The molecule has 0 aromatic heterocycles. The van der Waals surface area contributed by atoms with Crippen molar-refractivity contribution in [2.45, 2.75) is 136 Å². The van der Waals surface area contributed by atoms with Crippen LogP contribution < -0.4 is 0 Å². The highest BCUT2D eigenvalue weighted by Gasteiger charge is 2.44. The molecule has 1 unspecified atom stereocenters. The molecule has 1 rings (SSSR count). The molecule has 0 spiro atoms. The molecular formula is C24H49N. The SMILES string of the molecule is CCCCCCCC1(CN(C)C(C)(CCCC)CCCCCC)CC1. The molecule has 0 saturated heterocycles. The van der Waals surface area contributed by atoms with Crippen LogP contribution in [0.15, 0.2) is 0 Å². The van der Waals surface area contributed by atoms with Gasteiger partial charge in [0.05, 0.1) is 0 Å². The lowest BCUT2D eigenvalue weighted by atomic mass is 9.85. The van der Waals surface area contributed by atoms with E-state index in [9.17, 15) is 0 Å². The van der Waals surface area contributed by atoms with Crippen LogP contribution in [0.1, 0.15) is 130 Å². The van der Waals surface area contributed by atoms with Gasteiger partial charge in [-0.3, -0.25) is 0 Å². The van der Waals surface area contributed by atoms with Crippen LogP contribution in [-0.2, 0) is 0 Å². The van der Waals surface area contributed by atoms with Gasteiger partial charge in [0.15, 0.2) is 0 Å². The molecule has 0 bridgehead atoms. The second-order valence-corrected chi connectivity index (χ2v) is 9.43. The molecule has 0 N–H and O–H groups in total. The largest absolute Gasteiger partial charge is 0.300 e. The summed E-state index contributed by atoms with van der Waals surface area (Å²) < 4.78 is 0. The second kappa shape index (κ2) is 12.4. The normalized spacial score (nSPS) is 18.5. The van der Waals surface area contributed by atoms with Crippen LogP contribution in [0.4, 0.5) is 0 Å². The molecule has 0 aromatic rings. The number of hydrogen-bond acceptors (Lipinski definition) is 1. The van der Waals surface area contributed by atoms with E-state index in [1.807, 2.05) is 0 Å². The van der Waals surface area contributed by atoms with Gasteiger partial charge in [-0.2, -0.15) is 0 Å². The fourth-order valence-electron chi connectivity index (χ4n) is 4.46. The number of hydrogen-bond donors (Lipinski definition) is 0. The number of unbranched alkanes of at least 4 members (excludes halogenated alkanes) is 8. The van der Waals surface area contributed by atoms with Crippen molar-refractivity contribution in [3.05, 3.63) is 0 Å². The monoisotopic (exact) mass is 351 g/mol. The van der Waals surface area contributed by atoms with Crippen molar-refractivity contribution in [2.24, 2.45) is 5.41 Å². The highest BCUT2D eigenvalue weighted by molar-refractivity contribution is 4.98. The smallest absolute Gasteiger partial charge is 0.0178 e. The molecule has 1 atom stereocenters. The molecule has 0 radical (unpaired) electrons. The van der Waals surface area contributed by atoms with Gasteiger partial charge in [0.25, 0.3) is 0 Å². The third-order valence-electron chi connectivity index (χ3n) is 6.90. The molecule has 150 valence electrons. The van der Waals surface area contributed by atoms with E-state index >= 15 is 0 Å². The molecule has 1 aliphatic rings. The molecule has 0 heterocycles. The topological polar surface area (TPSA) is 3.24 Å². The highest BCUT2D eigenvalue weighted by Crippen LogP contribution is 2.51. The van der Waals surface area contributed by atoms with E-state index in [0.717, 1.165) is 0 Å². The molecular weight excluding hydrogens is 302 g/mol. The van der Waals surface area contributed by atoms with Gasteiger partial charge in [-0.15, -0.1) is 0 Å². The minimum atomic E-state index is 0.432. The van der Waals surface area contributed by atoms with E-state index in [0.29, 0.717) is 11.0 Å². The quantitative estimate of drug-likeness (QED) is 0.240. The van der Waals surface area contributed by atoms with E-state index in [1.165, 1.54) is 109 Å². The Hall–Kier alpha value is -0.0400. The Morgan fingerprint density at radius 2 is 1.24 bits per heavy atom. The molecule has 1 saturated carbocycles. The van der Waals surface area contributed by atoms with E-state index in [2.05, 4.69) is 39.6 Å².